The lowest BCUT2D eigenvalue weighted by atomic mass is 9.95. The first-order valence-corrected chi connectivity index (χ1v) is 12.7. The van der Waals surface area contributed by atoms with Crippen molar-refractivity contribution in [1.29, 1.82) is 5.26 Å². The number of hydrogen-bond acceptors (Lipinski definition) is 7. The highest BCUT2D eigenvalue weighted by molar-refractivity contribution is 5.94. The Hall–Kier alpha value is -5.75. The number of methoxy groups -OCH3 is 1. The third-order valence-corrected chi connectivity index (χ3v) is 6.53. The second kappa shape index (κ2) is 11.6. The molecule has 1 heterocycles. The Kier molecular flexibility index (Phi) is 7.56. The molecule has 0 bridgehead atoms. The van der Waals surface area contributed by atoms with E-state index in [1.165, 1.54) is 12.1 Å². The SMILES string of the molecule is CCOC(=O)c1ccc(-c2c(-c3ccc([N+](=O)[O-])cc3)c(-c3ccc(OC)cc3)nn2-c2ccc(C#N)cc2)cc1. The lowest BCUT2D eigenvalue weighted by Crippen LogP contribution is -2.04. The van der Waals surface area contributed by atoms with E-state index in [4.69, 9.17) is 14.6 Å². The summed E-state index contributed by atoms with van der Waals surface area (Å²) in [4.78, 5) is 23.3. The Balaban J connectivity index is 1.79. The van der Waals surface area contributed by atoms with Gasteiger partial charge in [0.1, 0.15) is 11.4 Å². The van der Waals surface area contributed by atoms with Gasteiger partial charge in [-0.3, -0.25) is 10.1 Å². The van der Waals surface area contributed by atoms with Crippen LogP contribution in [0, 0.1) is 21.4 Å². The Morgan fingerprint density at radius 3 is 2.07 bits per heavy atom. The van der Waals surface area contributed by atoms with Crippen molar-refractivity contribution < 1.29 is 19.2 Å². The summed E-state index contributed by atoms with van der Waals surface area (Å²) in [7, 11) is 1.59. The van der Waals surface area contributed by atoms with E-state index in [1.807, 2.05) is 36.4 Å². The number of non-ortho nitro benzene ring substituents is 1. The molecular formula is C32H24N4O5. The predicted molar refractivity (Wildman–Crippen MR) is 154 cm³/mol. The third-order valence-electron chi connectivity index (χ3n) is 6.53. The van der Waals surface area contributed by atoms with Crippen LogP contribution in [0.5, 0.6) is 5.75 Å². The van der Waals surface area contributed by atoms with Gasteiger partial charge in [0.15, 0.2) is 0 Å². The van der Waals surface area contributed by atoms with Gasteiger partial charge in [0, 0.05) is 28.8 Å². The number of nitro groups is 1. The van der Waals surface area contributed by atoms with E-state index in [1.54, 1.807) is 67.2 Å². The molecule has 5 rings (SSSR count). The highest BCUT2D eigenvalue weighted by atomic mass is 16.6. The average molecular weight is 545 g/mol. The minimum Gasteiger partial charge on any atom is -0.497 e. The minimum atomic E-state index is -0.441. The van der Waals surface area contributed by atoms with Crippen LogP contribution in [-0.4, -0.2) is 34.4 Å². The number of benzene rings is 4. The van der Waals surface area contributed by atoms with Crippen LogP contribution in [0.15, 0.2) is 97.1 Å². The van der Waals surface area contributed by atoms with E-state index in [-0.39, 0.29) is 12.3 Å². The van der Waals surface area contributed by atoms with Crippen LogP contribution in [0.2, 0.25) is 0 Å². The molecule has 0 N–H and O–H groups in total. The summed E-state index contributed by atoms with van der Waals surface area (Å²) in [6, 6.07) is 30.0. The van der Waals surface area contributed by atoms with Crippen molar-refractivity contribution >= 4 is 11.7 Å². The van der Waals surface area contributed by atoms with E-state index >= 15 is 0 Å². The van der Waals surface area contributed by atoms with Gasteiger partial charge in [0.05, 0.1) is 47.2 Å². The lowest BCUT2D eigenvalue weighted by Gasteiger charge is -2.12. The Labute approximate surface area is 236 Å². The number of aromatic nitrogens is 2. The summed E-state index contributed by atoms with van der Waals surface area (Å²) in [5, 5.41) is 25.7. The predicted octanol–water partition coefficient (Wildman–Crippen LogP) is 6.84. The van der Waals surface area contributed by atoms with Gasteiger partial charge in [-0.1, -0.05) is 12.1 Å². The van der Waals surface area contributed by atoms with Crippen molar-refractivity contribution in [2.24, 2.45) is 0 Å². The maximum Gasteiger partial charge on any atom is 0.338 e. The quantitative estimate of drug-likeness (QED) is 0.119. The summed E-state index contributed by atoms with van der Waals surface area (Å²) >= 11 is 0. The zero-order valence-corrected chi connectivity index (χ0v) is 22.3. The monoisotopic (exact) mass is 544 g/mol. The van der Waals surface area contributed by atoms with Crippen LogP contribution in [0.3, 0.4) is 0 Å². The van der Waals surface area contributed by atoms with Gasteiger partial charge in [-0.15, -0.1) is 0 Å². The van der Waals surface area contributed by atoms with Crippen molar-refractivity contribution in [2.75, 3.05) is 13.7 Å². The largest absolute Gasteiger partial charge is 0.497 e. The van der Waals surface area contributed by atoms with Crippen molar-refractivity contribution in [3.8, 4) is 51.1 Å². The first kappa shape index (κ1) is 26.8. The number of ether oxygens (including phenoxy) is 2. The van der Waals surface area contributed by atoms with Gasteiger partial charge in [0.25, 0.3) is 5.69 Å². The number of carbonyl (C=O) groups is 1. The molecule has 5 aromatic rings. The number of nitrogens with zero attached hydrogens (tertiary/aromatic N) is 4. The molecule has 9 nitrogen and oxygen atoms in total. The number of carbonyl (C=O) groups excluding carboxylic acids is 1. The molecule has 202 valence electrons. The first-order chi connectivity index (χ1) is 19.9. The maximum atomic E-state index is 12.3. The van der Waals surface area contributed by atoms with Crippen molar-refractivity contribution in [1.82, 2.24) is 9.78 Å². The zero-order valence-electron chi connectivity index (χ0n) is 22.3. The molecule has 0 saturated heterocycles. The average Bonchev–Trinajstić information content (AvgIpc) is 3.42. The van der Waals surface area contributed by atoms with Gasteiger partial charge < -0.3 is 9.47 Å². The van der Waals surface area contributed by atoms with Crippen molar-refractivity contribution in [3.05, 3.63) is 118 Å². The fraction of sp³-hybridized carbons (Fsp3) is 0.0938. The third kappa shape index (κ3) is 5.40. The second-order valence-electron chi connectivity index (χ2n) is 8.97. The molecule has 0 aliphatic heterocycles. The van der Waals surface area contributed by atoms with Crippen LogP contribution in [-0.2, 0) is 4.74 Å². The molecule has 0 radical (unpaired) electrons. The molecule has 1 aromatic heterocycles. The maximum absolute atomic E-state index is 12.3. The second-order valence-corrected chi connectivity index (χ2v) is 8.97. The van der Waals surface area contributed by atoms with Crippen LogP contribution < -0.4 is 4.74 Å². The van der Waals surface area contributed by atoms with E-state index < -0.39 is 10.9 Å². The topological polar surface area (TPSA) is 120 Å². The standard InChI is InChI=1S/C32H24N4O5/c1-3-41-32(37)25-8-6-24(7-9-25)31-29(22-10-16-27(17-11-22)36(38)39)30(23-12-18-28(40-2)19-13-23)34-35(31)26-14-4-21(20-33)5-15-26/h4-19H,3H2,1-2H3. The smallest absolute Gasteiger partial charge is 0.338 e. The van der Waals surface area contributed by atoms with Crippen LogP contribution in [0.4, 0.5) is 5.69 Å². The highest BCUT2D eigenvalue weighted by Crippen LogP contribution is 2.42. The fourth-order valence-corrected chi connectivity index (χ4v) is 4.50. The van der Waals surface area contributed by atoms with Gasteiger partial charge in [-0.2, -0.15) is 10.4 Å². The lowest BCUT2D eigenvalue weighted by molar-refractivity contribution is -0.384. The summed E-state index contributed by atoms with van der Waals surface area (Å²) < 4.78 is 12.3. The van der Waals surface area contributed by atoms with E-state index in [9.17, 15) is 20.2 Å². The van der Waals surface area contributed by atoms with Crippen LogP contribution in [0.25, 0.3) is 39.3 Å². The molecule has 9 heteroatoms. The molecule has 0 spiro atoms. The molecule has 0 aliphatic rings. The van der Waals surface area contributed by atoms with Crippen molar-refractivity contribution in [2.45, 2.75) is 6.92 Å². The highest BCUT2D eigenvalue weighted by Gasteiger charge is 2.24. The van der Waals surface area contributed by atoms with E-state index in [2.05, 4.69) is 6.07 Å². The van der Waals surface area contributed by atoms with Gasteiger partial charge in [-0.25, -0.2) is 9.48 Å². The summed E-state index contributed by atoms with van der Waals surface area (Å²) in [5.74, 6) is 0.265. The molecule has 41 heavy (non-hydrogen) atoms. The molecule has 0 fully saturated rings. The Bertz CT molecular complexity index is 1750. The van der Waals surface area contributed by atoms with E-state index in [0.29, 0.717) is 39.5 Å². The number of hydrogen-bond donors (Lipinski definition) is 0. The molecule has 0 amide bonds. The molecule has 0 atom stereocenters. The minimum absolute atomic E-state index is 0.0282. The normalized spacial score (nSPS) is 10.6. The molecule has 0 aliphatic carbocycles. The van der Waals surface area contributed by atoms with Crippen LogP contribution in [0.1, 0.15) is 22.8 Å². The Morgan fingerprint density at radius 1 is 0.902 bits per heavy atom. The van der Waals surface area contributed by atoms with Crippen LogP contribution >= 0.6 is 0 Å². The fourth-order valence-electron chi connectivity index (χ4n) is 4.50. The molecular weight excluding hydrogens is 520 g/mol. The van der Waals surface area contributed by atoms with E-state index in [0.717, 1.165) is 16.7 Å². The number of esters is 1. The van der Waals surface area contributed by atoms with Gasteiger partial charge in [-0.05, 0) is 85.3 Å². The summed E-state index contributed by atoms with van der Waals surface area (Å²) in [5.41, 5.74) is 5.93. The number of rotatable bonds is 8. The molecule has 0 saturated carbocycles. The molecule has 4 aromatic carbocycles. The van der Waals surface area contributed by atoms with Gasteiger partial charge >= 0.3 is 5.97 Å². The molecule has 0 unspecified atom stereocenters. The number of nitro benzene ring substituents is 1. The number of nitriles is 1. The summed E-state index contributed by atoms with van der Waals surface area (Å²) in [6.07, 6.45) is 0. The van der Waals surface area contributed by atoms with Crippen molar-refractivity contribution in [3.63, 3.8) is 0 Å². The Morgan fingerprint density at radius 2 is 1.51 bits per heavy atom. The van der Waals surface area contributed by atoms with Gasteiger partial charge in [0.2, 0.25) is 0 Å². The zero-order chi connectivity index (χ0) is 28.9. The first-order valence-electron chi connectivity index (χ1n) is 12.7. The summed E-state index contributed by atoms with van der Waals surface area (Å²) in [6.45, 7) is 2.02.